The molecule has 0 aliphatic rings. The van der Waals surface area contributed by atoms with Gasteiger partial charge in [-0.25, -0.2) is 8.78 Å². The molecule has 0 saturated heterocycles. The van der Waals surface area contributed by atoms with Crippen molar-refractivity contribution in [2.45, 2.75) is 19.4 Å². The second-order valence-electron chi connectivity index (χ2n) is 4.31. The first-order valence-corrected chi connectivity index (χ1v) is 6.47. The lowest BCUT2D eigenvalue weighted by molar-refractivity contribution is -0.121. The molecule has 1 rings (SSSR count). The maximum Gasteiger partial charge on any atom is 0.263 e. The number of carbonyl (C=O) groups excluding carboxylic acids is 1. The van der Waals surface area contributed by atoms with Crippen molar-refractivity contribution in [2.24, 2.45) is 0 Å². The van der Waals surface area contributed by atoms with Crippen molar-refractivity contribution < 1.29 is 18.3 Å². The van der Waals surface area contributed by atoms with Gasteiger partial charge in [0.25, 0.3) is 6.43 Å². The SMILES string of the molecule is COCCNC(=O)CCNCc1ccc(C(F)F)cc1. The lowest BCUT2D eigenvalue weighted by atomic mass is 10.1. The van der Waals surface area contributed by atoms with E-state index in [2.05, 4.69) is 10.6 Å². The number of hydrogen-bond donors (Lipinski definition) is 2. The topological polar surface area (TPSA) is 50.4 Å². The smallest absolute Gasteiger partial charge is 0.263 e. The highest BCUT2D eigenvalue weighted by molar-refractivity contribution is 5.76. The number of nitrogens with one attached hydrogen (secondary N) is 2. The molecule has 0 heterocycles. The van der Waals surface area contributed by atoms with Gasteiger partial charge in [0.15, 0.2) is 0 Å². The van der Waals surface area contributed by atoms with E-state index >= 15 is 0 Å². The van der Waals surface area contributed by atoms with Gasteiger partial charge < -0.3 is 15.4 Å². The van der Waals surface area contributed by atoms with Gasteiger partial charge in [-0.2, -0.15) is 0 Å². The molecule has 1 amide bonds. The Kier molecular flexibility index (Phi) is 7.75. The van der Waals surface area contributed by atoms with E-state index in [1.807, 2.05) is 0 Å². The van der Waals surface area contributed by atoms with Crippen molar-refractivity contribution in [2.75, 3.05) is 26.8 Å². The van der Waals surface area contributed by atoms with Crippen LogP contribution in [0.25, 0.3) is 0 Å². The van der Waals surface area contributed by atoms with E-state index in [0.717, 1.165) is 5.56 Å². The number of halogens is 2. The van der Waals surface area contributed by atoms with Crippen LogP contribution >= 0.6 is 0 Å². The number of benzene rings is 1. The normalized spacial score (nSPS) is 10.8. The van der Waals surface area contributed by atoms with Crippen molar-refractivity contribution in [3.8, 4) is 0 Å². The number of ether oxygens (including phenoxy) is 1. The van der Waals surface area contributed by atoms with E-state index < -0.39 is 6.43 Å². The molecule has 1 aromatic rings. The minimum absolute atomic E-state index is 0.0197. The summed E-state index contributed by atoms with van der Waals surface area (Å²) in [4.78, 5) is 11.4. The highest BCUT2D eigenvalue weighted by Crippen LogP contribution is 2.18. The predicted molar refractivity (Wildman–Crippen MR) is 72.6 cm³/mol. The number of alkyl halides is 2. The number of carbonyl (C=O) groups is 1. The summed E-state index contributed by atoms with van der Waals surface area (Å²) < 4.78 is 29.5. The third kappa shape index (κ3) is 6.58. The van der Waals surface area contributed by atoms with Crippen LogP contribution in [-0.2, 0) is 16.1 Å². The van der Waals surface area contributed by atoms with Crippen LogP contribution in [0.3, 0.4) is 0 Å². The average molecular weight is 286 g/mol. The van der Waals surface area contributed by atoms with Crippen LogP contribution < -0.4 is 10.6 Å². The fraction of sp³-hybridized carbons (Fsp3) is 0.500. The second-order valence-corrected chi connectivity index (χ2v) is 4.31. The maximum atomic E-state index is 12.4. The Morgan fingerprint density at radius 2 is 1.95 bits per heavy atom. The molecule has 0 atom stereocenters. The van der Waals surface area contributed by atoms with Gasteiger partial charge in [-0.1, -0.05) is 24.3 Å². The molecule has 2 N–H and O–H groups in total. The van der Waals surface area contributed by atoms with Gasteiger partial charge >= 0.3 is 0 Å². The number of methoxy groups -OCH3 is 1. The Hall–Kier alpha value is -1.53. The van der Waals surface area contributed by atoms with E-state index in [1.165, 1.54) is 12.1 Å². The lowest BCUT2D eigenvalue weighted by Gasteiger charge is -2.07. The van der Waals surface area contributed by atoms with E-state index in [4.69, 9.17) is 4.74 Å². The van der Waals surface area contributed by atoms with Crippen molar-refractivity contribution in [1.29, 1.82) is 0 Å². The summed E-state index contributed by atoms with van der Waals surface area (Å²) in [5.41, 5.74) is 0.931. The van der Waals surface area contributed by atoms with E-state index in [0.29, 0.717) is 32.7 Å². The predicted octanol–water partition coefficient (Wildman–Crippen LogP) is 1.87. The van der Waals surface area contributed by atoms with Crippen LogP contribution in [0.15, 0.2) is 24.3 Å². The van der Waals surface area contributed by atoms with Crippen molar-refractivity contribution in [3.05, 3.63) is 35.4 Å². The second kappa shape index (κ2) is 9.39. The van der Waals surface area contributed by atoms with Crippen LogP contribution in [0, 0.1) is 0 Å². The van der Waals surface area contributed by atoms with E-state index in [-0.39, 0.29) is 11.5 Å². The van der Waals surface area contributed by atoms with E-state index in [1.54, 1.807) is 19.2 Å². The Balaban J connectivity index is 2.16. The molecule has 4 nitrogen and oxygen atoms in total. The van der Waals surface area contributed by atoms with Gasteiger partial charge in [-0.3, -0.25) is 4.79 Å². The molecule has 0 spiro atoms. The Morgan fingerprint density at radius 3 is 2.55 bits per heavy atom. The molecule has 0 radical (unpaired) electrons. The number of hydrogen-bond acceptors (Lipinski definition) is 3. The van der Waals surface area contributed by atoms with Gasteiger partial charge in [-0.15, -0.1) is 0 Å². The summed E-state index contributed by atoms with van der Waals surface area (Å²) in [7, 11) is 1.58. The molecule has 0 aliphatic heterocycles. The zero-order chi connectivity index (χ0) is 14.8. The molecule has 112 valence electrons. The largest absolute Gasteiger partial charge is 0.383 e. The third-order valence-corrected chi connectivity index (χ3v) is 2.72. The third-order valence-electron chi connectivity index (χ3n) is 2.72. The minimum atomic E-state index is -2.44. The van der Waals surface area contributed by atoms with Crippen LogP contribution in [0.4, 0.5) is 8.78 Å². The Bertz CT molecular complexity index is 397. The lowest BCUT2D eigenvalue weighted by Crippen LogP contribution is -2.29. The molecule has 0 aromatic heterocycles. The molecular formula is C14H20F2N2O2. The van der Waals surface area contributed by atoms with Crippen molar-refractivity contribution in [1.82, 2.24) is 10.6 Å². The summed E-state index contributed by atoms with van der Waals surface area (Å²) >= 11 is 0. The Morgan fingerprint density at radius 1 is 1.25 bits per heavy atom. The minimum Gasteiger partial charge on any atom is -0.383 e. The average Bonchev–Trinajstić information content (AvgIpc) is 2.44. The summed E-state index contributed by atoms with van der Waals surface area (Å²) in [5.74, 6) is -0.0393. The highest BCUT2D eigenvalue weighted by atomic mass is 19.3. The molecule has 6 heteroatoms. The van der Waals surface area contributed by atoms with Crippen LogP contribution in [0.5, 0.6) is 0 Å². The molecule has 0 fully saturated rings. The monoisotopic (exact) mass is 286 g/mol. The van der Waals surface area contributed by atoms with Gasteiger partial charge in [0.05, 0.1) is 6.61 Å². The van der Waals surface area contributed by atoms with Gasteiger partial charge in [0, 0.05) is 38.7 Å². The van der Waals surface area contributed by atoms with Crippen LogP contribution in [-0.4, -0.2) is 32.7 Å². The highest BCUT2D eigenvalue weighted by Gasteiger charge is 2.05. The van der Waals surface area contributed by atoms with Crippen LogP contribution in [0.1, 0.15) is 24.0 Å². The first-order chi connectivity index (χ1) is 9.63. The fourth-order valence-electron chi connectivity index (χ4n) is 1.60. The van der Waals surface area contributed by atoms with Gasteiger partial charge in [0.1, 0.15) is 0 Å². The number of rotatable bonds is 9. The molecular weight excluding hydrogens is 266 g/mol. The molecule has 0 unspecified atom stereocenters. The quantitative estimate of drug-likeness (QED) is 0.681. The van der Waals surface area contributed by atoms with E-state index in [9.17, 15) is 13.6 Å². The fourth-order valence-corrected chi connectivity index (χ4v) is 1.60. The first kappa shape index (κ1) is 16.5. The van der Waals surface area contributed by atoms with Gasteiger partial charge in [-0.05, 0) is 5.56 Å². The van der Waals surface area contributed by atoms with Crippen molar-refractivity contribution in [3.63, 3.8) is 0 Å². The standard InChI is InChI=1S/C14H20F2N2O2/c1-20-9-8-18-13(19)6-7-17-10-11-2-4-12(5-3-11)14(15)16/h2-5,14,17H,6-10H2,1H3,(H,18,19). The number of amides is 1. The zero-order valence-corrected chi connectivity index (χ0v) is 11.5. The molecule has 0 saturated carbocycles. The summed E-state index contributed by atoms with van der Waals surface area (Å²) in [6.07, 6.45) is -2.06. The summed E-state index contributed by atoms with van der Waals surface area (Å²) in [6.45, 7) is 2.09. The zero-order valence-electron chi connectivity index (χ0n) is 11.5. The molecule has 1 aromatic carbocycles. The maximum absolute atomic E-state index is 12.4. The van der Waals surface area contributed by atoms with Gasteiger partial charge in [0.2, 0.25) is 5.91 Å². The first-order valence-electron chi connectivity index (χ1n) is 6.47. The molecule has 20 heavy (non-hydrogen) atoms. The Labute approximate surface area is 117 Å². The summed E-state index contributed by atoms with van der Waals surface area (Å²) in [6, 6.07) is 6.15. The summed E-state index contributed by atoms with van der Waals surface area (Å²) in [5, 5.41) is 5.81. The molecule has 0 bridgehead atoms. The van der Waals surface area contributed by atoms with Crippen molar-refractivity contribution >= 4 is 5.91 Å². The van der Waals surface area contributed by atoms with Crippen LogP contribution in [0.2, 0.25) is 0 Å². The molecule has 0 aliphatic carbocycles.